The van der Waals surface area contributed by atoms with E-state index in [9.17, 15) is 24.3 Å². The smallest absolute Gasteiger partial charge is 0.326 e. The molecular formula is C29H46N10O5S. The Morgan fingerprint density at radius 2 is 1.51 bits per heavy atom. The quantitative estimate of drug-likeness (QED) is 0.0397. The molecule has 0 aliphatic carbocycles. The van der Waals surface area contributed by atoms with Crippen molar-refractivity contribution in [3.05, 3.63) is 52.6 Å². The van der Waals surface area contributed by atoms with Crippen molar-refractivity contribution in [1.29, 1.82) is 0 Å². The molecule has 2 rings (SSSR count). The van der Waals surface area contributed by atoms with Crippen molar-refractivity contribution in [3.63, 3.8) is 0 Å². The van der Waals surface area contributed by atoms with Crippen LogP contribution >= 0.6 is 12.2 Å². The Balaban J connectivity index is 2.26. The predicted octanol–water partition coefficient (Wildman–Crippen LogP) is -1.07. The zero-order chi connectivity index (χ0) is 33.5. The molecule has 0 aliphatic heterocycles. The third-order valence-electron chi connectivity index (χ3n) is 7.19. The Morgan fingerprint density at radius 1 is 0.889 bits per heavy atom. The maximum atomic E-state index is 13.7. The number of guanidine groups is 1. The van der Waals surface area contributed by atoms with Crippen molar-refractivity contribution < 1.29 is 24.3 Å². The number of rotatable bonds is 19. The highest BCUT2D eigenvalue weighted by Gasteiger charge is 2.31. The summed E-state index contributed by atoms with van der Waals surface area (Å²) < 4.78 is 3.92. The summed E-state index contributed by atoms with van der Waals surface area (Å²) in [4.78, 5) is 56.1. The molecule has 0 fully saturated rings. The number of nitrogens with two attached hydrogens (primary N) is 4. The number of nitrogens with one attached hydrogen (secondary N) is 3. The molecule has 1 aromatic heterocycles. The monoisotopic (exact) mass is 646 g/mol. The zero-order valence-electron chi connectivity index (χ0n) is 25.8. The van der Waals surface area contributed by atoms with Crippen LogP contribution in [-0.2, 0) is 46.1 Å². The number of imidazole rings is 1. The first-order valence-electron chi connectivity index (χ1n) is 14.7. The van der Waals surface area contributed by atoms with E-state index in [0.717, 1.165) is 5.56 Å². The number of benzene rings is 1. The van der Waals surface area contributed by atoms with Crippen LogP contribution in [0.3, 0.4) is 0 Å². The maximum absolute atomic E-state index is 13.7. The van der Waals surface area contributed by atoms with Crippen LogP contribution in [0, 0.1) is 4.77 Å². The number of carbonyl (C=O) groups excluding carboxylic acids is 3. The number of carbonyl (C=O) groups is 4. The van der Waals surface area contributed by atoms with Crippen molar-refractivity contribution >= 4 is 41.9 Å². The minimum Gasteiger partial charge on any atom is -0.480 e. The van der Waals surface area contributed by atoms with E-state index in [-0.39, 0.29) is 38.2 Å². The first kappa shape index (κ1) is 36.9. The Hall–Kier alpha value is -4.28. The Labute approximate surface area is 267 Å². The highest BCUT2D eigenvalue weighted by molar-refractivity contribution is 7.71. The fraction of sp³-hybridized carbons (Fsp3) is 0.517. The topological polar surface area (TPSA) is 251 Å². The lowest BCUT2D eigenvalue weighted by molar-refractivity contribution is -0.142. The van der Waals surface area contributed by atoms with Crippen LogP contribution in [-0.4, -0.2) is 81.1 Å². The van der Waals surface area contributed by atoms with Crippen LogP contribution < -0.4 is 38.9 Å². The van der Waals surface area contributed by atoms with Gasteiger partial charge < -0.3 is 53.1 Å². The number of nitrogens with zero attached hydrogens (tertiary/aromatic N) is 3. The number of carboxylic acid groups (broad SMARTS) is 1. The minimum absolute atomic E-state index is 0.0438. The first-order chi connectivity index (χ1) is 21.3. The normalized spacial score (nSPS) is 13.6. The summed E-state index contributed by atoms with van der Waals surface area (Å²) in [7, 11) is 3.50. The molecule has 1 heterocycles. The molecule has 0 aliphatic rings. The average Bonchev–Trinajstić information content (AvgIpc) is 3.24. The molecule has 0 saturated carbocycles. The SMILES string of the molecule is Cn1cc(C[C@H](NC(=O)[C@H](N)CCCN=C(N)N)C(=O)N[C@@H](CCCCN)C(=O)N[C@@H](Cc2ccccc2)C(=O)O)n(C)c1=S. The van der Waals surface area contributed by atoms with Crippen molar-refractivity contribution in [2.45, 2.75) is 69.1 Å². The Kier molecular flexibility index (Phi) is 15.2. The van der Waals surface area contributed by atoms with Gasteiger partial charge in [-0.3, -0.25) is 19.4 Å². The molecule has 4 atom stereocenters. The van der Waals surface area contributed by atoms with Crippen molar-refractivity contribution in [2.24, 2.45) is 42.0 Å². The molecule has 15 nitrogen and oxygen atoms in total. The fourth-order valence-corrected chi connectivity index (χ4v) is 4.79. The molecule has 0 radical (unpaired) electrons. The van der Waals surface area contributed by atoms with Gasteiger partial charge in [-0.1, -0.05) is 30.3 Å². The number of aryl methyl sites for hydroxylation is 1. The van der Waals surface area contributed by atoms with E-state index in [1.54, 1.807) is 59.8 Å². The van der Waals surface area contributed by atoms with Gasteiger partial charge in [-0.15, -0.1) is 0 Å². The van der Waals surface area contributed by atoms with Crippen LogP contribution in [0.1, 0.15) is 43.4 Å². The van der Waals surface area contributed by atoms with E-state index >= 15 is 0 Å². The second kappa shape index (κ2) is 18.5. The lowest BCUT2D eigenvalue weighted by atomic mass is 10.0. The summed E-state index contributed by atoms with van der Waals surface area (Å²) in [5.41, 5.74) is 23.8. The molecule has 0 spiro atoms. The standard InChI is InChI=1S/C29H46N10O5S/c1-38-17-19(39(2)29(38)45)16-22(36-24(40)20(31)11-8-14-34-28(32)33)26(42)35-21(12-6-7-13-30)25(41)37-23(27(43)44)15-18-9-4-3-5-10-18/h3-5,9-10,17,20-23H,6-8,11-16,30-31H2,1-2H3,(H,35,42)(H,36,40)(H,37,41)(H,43,44)(H4,32,33,34)/t20-,21+,22+,23+/m1/s1. The average molecular weight is 647 g/mol. The number of hydrogen-bond donors (Lipinski definition) is 8. The van der Waals surface area contributed by atoms with Gasteiger partial charge in [-0.2, -0.15) is 0 Å². The largest absolute Gasteiger partial charge is 0.480 e. The molecule has 0 bridgehead atoms. The summed E-state index contributed by atoms with van der Waals surface area (Å²) in [5, 5.41) is 17.8. The number of hydrogen-bond acceptors (Lipinski definition) is 8. The van der Waals surface area contributed by atoms with Gasteiger partial charge in [-0.05, 0) is 56.4 Å². The predicted molar refractivity (Wildman–Crippen MR) is 173 cm³/mol. The van der Waals surface area contributed by atoms with Gasteiger partial charge in [0, 0.05) is 45.4 Å². The minimum atomic E-state index is -1.23. The van der Waals surface area contributed by atoms with Crippen LogP contribution in [0.4, 0.5) is 0 Å². The summed E-state index contributed by atoms with van der Waals surface area (Å²) in [6, 6.07) is 4.48. The molecule has 16 heteroatoms. The van der Waals surface area contributed by atoms with Gasteiger partial charge in [-0.25, -0.2) is 4.79 Å². The first-order valence-corrected chi connectivity index (χ1v) is 15.1. The second-order valence-corrected chi connectivity index (χ2v) is 11.2. The summed E-state index contributed by atoms with van der Waals surface area (Å²) in [5.74, 6) is -3.16. The molecule has 0 unspecified atom stereocenters. The third-order valence-corrected chi connectivity index (χ3v) is 7.75. The van der Waals surface area contributed by atoms with Crippen LogP contribution in [0.15, 0.2) is 41.5 Å². The van der Waals surface area contributed by atoms with Crippen LogP contribution in [0.5, 0.6) is 0 Å². The van der Waals surface area contributed by atoms with Crippen molar-refractivity contribution in [1.82, 2.24) is 25.1 Å². The molecular weight excluding hydrogens is 600 g/mol. The number of carboxylic acids is 1. The van der Waals surface area contributed by atoms with E-state index < -0.39 is 47.9 Å². The van der Waals surface area contributed by atoms with Gasteiger partial charge in [0.05, 0.1) is 6.04 Å². The van der Waals surface area contributed by atoms with Crippen LogP contribution in [0.2, 0.25) is 0 Å². The lowest BCUT2D eigenvalue weighted by Crippen LogP contribution is -2.57. The van der Waals surface area contributed by atoms with E-state index in [0.29, 0.717) is 36.3 Å². The van der Waals surface area contributed by atoms with Crippen molar-refractivity contribution in [3.8, 4) is 0 Å². The molecule has 0 saturated heterocycles. The maximum Gasteiger partial charge on any atom is 0.326 e. The van der Waals surface area contributed by atoms with Crippen molar-refractivity contribution in [2.75, 3.05) is 13.1 Å². The Morgan fingerprint density at radius 3 is 2.09 bits per heavy atom. The van der Waals surface area contributed by atoms with Gasteiger partial charge in [0.25, 0.3) is 0 Å². The number of aromatic nitrogens is 2. The molecule has 248 valence electrons. The fourth-order valence-electron chi connectivity index (χ4n) is 4.62. The molecule has 12 N–H and O–H groups in total. The molecule has 2 aromatic rings. The zero-order valence-corrected chi connectivity index (χ0v) is 26.6. The highest BCUT2D eigenvalue weighted by atomic mass is 32.1. The van der Waals surface area contributed by atoms with E-state index in [1.165, 1.54) is 0 Å². The summed E-state index contributed by atoms with van der Waals surface area (Å²) in [6.07, 6.45) is 3.82. The number of aliphatic carboxylic acids is 1. The molecule has 3 amide bonds. The van der Waals surface area contributed by atoms with E-state index in [1.807, 2.05) is 0 Å². The van der Waals surface area contributed by atoms with Gasteiger partial charge in [0.2, 0.25) is 17.7 Å². The van der Waals surface area contributed by atoms with E-state index in [4.69, 9.17) is 35.2 Å². The van der Waals surface area contributed by atoms with Gasteiger partial charge in [0.15, 0.2) is 10.7 Å². The van der Waals surface area contributed by atoms with Crippen LogP contribution in [0.25, 0.3) is 0 Å². The number of aliphatic imine (C=N–C) groups is 1. The highest BCUT2D eigenvalue weighted by Crippen LogP contribution is 2.10. The van der Waals surface area contributed by atoms with Gasteiger partial charge in [0.1, 0.15) is 18.1 Å². The Bertz CT molecular complexity index is 1370. The summed E-state index contributed by atoms with van der Waals surface area (Å²) >= 11 is 5.39. The number of unbranched alkanes of at least 4 members (excludes halogenated alkanes) is 1. The third kappa shape index (κ3) is 12.3. The molecule has 1 aromatic carbocycles. The number of amides is 3. The molecule has 45 heavy (non-hydrogen) atoms. The lowest BCUT2D eigenvalue weighted by Gasteiger charge is -2.25. The van der Waals surface area contributed by atoms with Gasteiger partial charge >= 0.3 is 5.97 Å². The second-order valence-electron chi connectivity index (χ2n) is 10.8. The summed E-state index contributed by atoms with van der Waals surface area (Å²) in [6.45, 7) is 0.664. The van der Waals surface area contributed by atoms with E-state index in [2.05, 4.69) is 20.9 Å².